The lowest BCUT2D eigenvalue weighted by molar-refractivity contribution is -0.130. The molecule has 42 heavy (non-hydrogen) atoms. The molecule has 1 fully saturated rings. The van der Waals surface area contributed by atoms with E-state index in [4.69, 9.17) is 4.74 Å². The van der Waals surface area contributed by atoms with Crippen LogP contribution in [0.15, 0.2) is 84.0 Å². The SMILES string of the molecule is COc1cccc(-c2nnc(SCC(=O)N3CCN(C(=O)c4ccc(C(C)(C)C)cc4)C(C)C3)n2-c2ccccc2)c1. The van der Waals surface area contributed by atoms with E-state index in [0.717, 1.165) is 17.0 Å². The Morgan fingerprint density at radius 2 is 1.69 bits per heavy atom. The molecule has 0 saturated carbocycles. The summed E-state index contributed by atoms with van der Waals surface area (Å²) in [5, 5.41) is 9.58. The number of carbonyl (C=O) groups is 2. The Morgan fingerprint density at radius 3 is 2.36 bits per heavy atom. The van der Waals surface area contributed by atoms with Gasteiger partial charge in [-0.25, -0.2) is 0 Å². The zero-order chi connectivity index (χ0) is 29.9. The van der Waals surface area contributed by atoms with Crippen LogP contribution in [0.25, 0.3) is 17.1 Å². The van der Waals surface area contributed by atoms with E-state index in [1.54, 1.807) is 7.11 Å². The summed E-state index contributed by atoms with van der Waals surface area (Å²) >= 11 is 1.36. The number of methoxy groups -OCH3 is 1. The molecule has 0 radical (unpaired) electrons. The molecule has 1 aromatic heterocycles. The van der Waals surface area contributed by atoms with Crippen LogP contribution in [0.3, 0.4) is 0 Å². The maximum atomic E-state index is 13.3. The molecule has 9 heteroatoms. The molecular formula is C33H37N5O3S. The molecule has 3 aromatic carbocycles. The van der Waals surface area contributed by atoms with Crippen molar-refractivity contribution in [2.75, 3.05) is 32.5 Å². The second kappa shape index (κ2) is 12.4. The molecule has 0 aliphatic carbocycles. The van der Waals surface area contributed by atoms with Crippen molar-refractivity contribution in [1.82, 2.24) is 24.6 Å². The maximum Gasteiger partial charge on any atom is 0.254 e. The molecule has 2 heterocycles. The first-order chi connectivity index (χ1) is 20.2. The average molecular weight is 584 g/mol. The highest BCUT2D eigenvalue weighted by Gasteiger charge is 2.31. The minimum atomic E-state index is -0.0878. The average Bonchev–Trinajstić information content (AvgIpc) is 3.43. The Hall–Kier alpha value is -4.11. The topological polar surface area (TPSA) is 80.6 Å². The van der Waals surface area contributed by atoms with Crippen molar-refractivity contribution in [3.05, 3.63) is 90.0 Å². The standard InChI is InChI=1S/C33H37N5O3S/c1-23-21-36(18-19-37(23)31(40)24-14-16-26(17-15-24)33(2,3)4)29(39)22-42-32-35-34-30(25-10-9-13-28(20-25)41-5)38(32)27-11-7-6-8-12-27/h6-17,20,23H,18-19,21-22H2,1-5H3. The predicted molar refractivity (Wildman–Crippen MR) is 166 cm³/mol. The van der Waals surface area contributed by atoms with Gasteiger partial charge in [-0.2, -0.15) is 0 Å². The van der Waals surface area contributed by atoms with Crippen LogP contribution in [-0.4, -0.2) is 74.9 Å². The van der Waals surface area contributed by atoms with Crippen molar-refractivity contribution < 1.29 is 14.3 Å². The molecule has 1 saturated heterocycles. The van der Waals surface area contributed by atoms with Crippen molar-refractivity contribution in [3.8, 4) is 22.8 Å². The molecule has 1 unspecified atom stereocenters. The highest BCUT2D eigenvalue weighted by Crippen LogP contribution is 2.30. The van der Waals surface area contributed by atoms with Crippen molar-refractivity contribution in [2.24, 2.45) is 0 Å². The van der Waals surface area contributed by atoms with E-state index in [1.165, 1.54) is 17.3 Å². The number of aromatic nitrogens is 3. The first kappa shape index (κ1) is 29.4. The third kappa shape index (κ3) is 6.36. The fraction of sp³-hybridized carbons (Fsp3) is 0.333. The number of hydrogen-bond acceptors (Lipinski definition) is 6. The molecule has 8 nitrogen and oxygen atoms in total. The fourth-order valence-corrected chi connectivity index (χ4v) is 5.96. The van der Waals surface area contributed by atoms with Crippen LogP contribution in [0.2, 0.25) is 0 Å². The van der Waals surface area contributed by atoms with Crippen LogP contribution >= 0.6 is 11.8 Å². The number of carbonyl (C=O) groups excluding carboxylic acids is 2. The third-order valence-electron chi connectivity index (χ3n) is 7.54. The maximum absolute atomic E-state index is 13.3. The number of piperazine rings is 1. The zero-order valence-electron chi connectivity index (χ0n) is 24.8. The number of amides is 2. The molecule has 4 aromatic rings. The van der Waals surface area contributed by atoms with Gasteiger partial charge in [0.1, 0.15) is 5.75 Å². The summed E-state index contributed by atoms with van der Waals surface area (Å²) in [6, 6.07) is 25.4. The van der Waals surface area contributed by atoms with E-state index in [2.05, 4.69) is 31.0 Å². The number of rotatable bonds is 7. The highest BCUT2D eigenvalue weighted by atomic mass is 32.2. The Labute approximate surface area is 251 Å². The summed E-state index contributed by atoms with van der Waals surface area (Å²) < 4.78 is 7.38. The van der Waals surface area contributed by atoms with Crippen molar-refractivity contribution in [3.63, 3.8) is 0 Å². The van der Waals surface area contributed by atoms with Crippen LogP contribution in [-0.2, 0) is 10.2 Å². The lowest BCUT2D eigenvalue weighted by Crippen LogP contribution is -2.55. The lowest BCUT2D eigenvalue weighted by atomic mass is 9.86. The van der Waals surface area contributed by atoms with Gasteiger partial charge in [0.15, 0.2) is 11.0 Å². The summed E-state index contributed by atoms with van der Waals surface area (Å²) in [7, 11) is 1.63. The summed E-state index contributed by atoms with van der Waals surface area (Å²) in [5.41, 5.74) is 3.68. The van der Waals surface area contributed by atoms with Crippen LogP contribution in [0.4, 0.5) is 0 Å². The molecular weight excluding hydrogens is 546 g/mol. The lowest BCUT2D eigenvalue weighted by Gasteiger charge is -2.40. The first-order valence-electron chi connectivity index (χ1n) is 14.1. The van der Waals surface area contributed by atoms with Gasteiger partial charge in [-0.15, -0.1) is 10.2 Å². The molecule has 1 aliphatic rings. The smallest absolute Gasteiger partial charge is 0.254 e. The van der Waals surface area contributed by atoms with E-state index in [1.807, 2.05) is 100 Å². The normalized spacial score (nSPS) is 15.5. The van der Waals surface area contributed by atoms with Gasteiger partial charge in [-0.3, -0.25) is 14.2 Å². The largest absolute Gasteiger partial charge is 0.497 e. The van der Waals surface area contributed by atoms with Gasteiger partial charge in [-0.1, -0.05) is 75.0 Å². The Bertz CT molecular complexity index is 1550. The van der Waals surface area contributed by atoms with E-state index >= 15 is 0 Å². The zero-order valence-corrected chi connectivity index (χ0v) is 25.6. The van der Waals surface area contributed by atoms with E-state index in [9.17, 15) is 9.59 Å². The molecule has 0 spiro atoms. The minimum Gasteiger partial charge on any atom is -0.497 e. The van der Waals surface area contributed by atoms with E-state index < -0.39 is 0 Å². The minimum absolute atomic E-state index is 0.00506. The number of benzene rings is 3. The molecule has 0 N–H and O–H groups in total. The van der Waals surface area contributed by atoms with Gasteiger partial charge in [0, 0.05) is 42.5 Å². The van der Waals surface area contributed by atoms with Gasteiger partial charge in [0.25, 0.3) is 5.91 Å². The van der Waals surface area contributed by atoms with E-state index in [0.29, 0.717) is 36.2 Å². The number of hydrogen-bond donors (Lipinski definition) is 0. The highest BCUT2D eigenvalue weighted by molar-refractivity contribution is 7.99. The summed E-state index contributed by atoms with van der Waals surface area (Å²) in [6.07, 6.45) is 0. The van der Waals surface area contributed by atoms with Gasteiger partial charge in [0.2, 0.25) is 5.91 Å². The molecule has 1 atom stereocenters. The number of thioether (sulfide) groups is 1. The second-order valence-electron chi connectivity index (χ2n) is 11.5. The monoisotopic (exact) mass is 583 g/mol. The number of para-hydroxylation sites is 1. The number of ether oxygens (including phenoxy) is 1. The number of nitrogens with zero attached hydrogens (tertiary/aromatic N) is 5. The van der Waals surface area contributed by atoms with Crippen molar-refractivity contribution in [2.45, 2.75) is 44.3 Å². The van der Waals surface area contributed by atoms with Crippen LogP contribution in [0.1, 0.15) is 43.6 Å². The van der Waals surface area contributed by atoms with Crippen molar-refractivity contribution >= 4 is 23.6 Å². The second-order valence-corrected chi connectivity index (χ2v) is 12.5. The van der Waals surface area contributed by atoms with Gasteiger partial charge in [0.05, 0.1) is 12.9 Å². The summed E-state index contributed by atoms with van der Waals surface area (Å²) in [5.74, 6) is 1.64. The van der Waals surface area contributed by atoms with Gasteiger partial charge >= 0.3 is 0 Å². The quantitative estimate of drug-likeness (QED) is 0.260. The summed E-state index contributed by atoms with van der Waals surface area (Å²) in [4.78, 5) is 30.3. The third-order valence-corrected chi connectivity index (χ3v) is 8.45. The van der Waals surface area contributed by atoms with Crippen LogP contribution in [0.5, 0.6) is 5.75 Å². The summed E-state index contributed by atoms with van der Waals surface area (Å²) in [6.45, 7) is 9.96. The van der Waals surface area contributed by atoms with E-state index in [-0.39, 0.29) is 29.0 Å². The molecule has 0 bridgehead atoms. The van der Waals surface area contributed by atoms with Gasteiger partial charge < -0.3 is 14.5 Å². The molecule has 218 valence electrons. The first-order valence-corrected chi connectivity index (χ1v) is 15.1. The Balaban J connectivity index is 1.26. The van der Waals surface area contributed by atoms with Crippen molar-refractivity contribution in [1.29, 1.82) is 0 Å². The Kier molecular flexibility index (Phi) is 8.68. The predicted octanol–water partition coefficient (Wildman–Crippen LogP) is 5.71. The Morgan fingerprint density at radius 1 is 0.952 bits per heavy atom. The molecule has 5 rings (SSSR count). The molecule has 2 amide bonds. The van der Waals surface area contributed by atoms with Gasteiger partial charge in [-0.05, 0) is 54.3 Å². The van der Waals surface area contributed by atoms with Crippen LogP contribution in [0, 0.1) is 0 Å². The fourth-order valence-electron chi connectivity index (χ4n) is 5.10. The van der Waals surface area contributed by atoms with Crippen LogP contribution < -0.4 is 4.74 Å². The molecule has 1 aliphatic heterocycles.